The molecule has 4 aromatic rings. The molecule has 1 aliphatic heterocycles. The summed E-state index contributed by atoms with van der Waals surface area (Å²) < 4.78 is 15.7. The summed E-state index contributed by atoms with van der Waals surface area (Å²) in [5.74, 6) is 0.288. The van der Waals surface area contributed by atoms with Crippen molar-refractivity contribution in [1.82, 2.24) is 4.98 Å². The van der Waals surface area contributed by atoms with Crippen LogP contribution in [0.25, 0.3) is 22.2 Å². The lowest BCUT2D eigenvalue weighted by molar-refractivity contribution is 0.0605. The molecule has 0 radical (unpaired) electrons. The first kappa shape index (κ1) is 21.4. The summed E-state index contributed by atoms with van der Waals surface area (Å²) in [5, 5.41) is 13.4. The Bertz CT molecular complexity index is 1520. The number of hydrogen-bond acceptors (Lipinski definition) is 8. The number of carbonyl (C=O) groups is 2. The molecule has 0 unspecified atom stereocenters. The fourth-order valence-electron chi connectivity index (χ4n) is 3.76. The Morgan fingerprint density at radius 3 is 2.74 bits per heavy atom. The van der Waals surface area contributed by atoms with Crippen LogP contribution in [0.2, 0.25) is 0 Å². The normalized spacial score (nSPS) is 11.8. The SMILES string of the molecule is COC(=O)c1sc(NC(=O)c2cc(-c3ccc4c(c3)OCO4)nc3ccccc23)c(C#N)c1C. The predicted octanol–water partition coefficient (Wildman–Crippen LogP) is 4.91. The summed E-state index contributed by atoms with van der Waals surface area (Å²) in [6.45, 7) is 1.81. The summed E-state index contributed by atoms with van der Waals surface area (Å²) in [6.07, 6.45) is 0. The number of pyridine rings is 1. The number of methoxy groups -OCH3 is 1. The number of ether oxygens (including phenoxy) is 3. The number of hydrogen-bond donors (Lipinski definition) is 1. The van der Waals surface area contributed by atoms with Crippen LogP contribution in [0.15, 0.2) is 48.5 Å². The van der Waals surface area contributed by atoms with Gasteiger partial charge in [-0.2, -0.15) is 5.26 Å². The molecule has 2 aromatic heterocycles. The number of carbonyl (C=O) groups excluding carboxylic acids is 2. The zero-order valence-electron chi connectivity index (χ0n) is 18.2. The molecule has 1 N–H and O–H groups in total. The molecule has 0 bridgehead atoms. The Morgan fingerprint density at radius 2 is 1.94 bits per heavy atom. The topological polar surface area (TPSA) is 111 Å². The van der Waals surface area contributed by atoms with E-state index in [1.165, 1.54) is 7.11 Å². The molecule has 0 spiro atoms. The summed E-state index contributed by atoms with van der Waals surface area (Å²) in [6, 6.07) is 16.6. The van der Waals surface area contributed by atoms with Gasteiger partial charge in [-0.25, -0.2) is 9.78 Å². The summed E-state index contributed by atoms with van der Waals surface area (Å²) in [4.78, 5) is 30.5. The zero-order valence-corrected chi connectivity index (χ0v) is 19.0. The van der Waals surface area contributed by atoms with Crippen molar-refractivity contribution < 1.29 is 23.8 Å². The van der Waals surface area contributed by atoms with Gasteiger partial charge < -0.3 is 19.5 Å². The van der Waals surface area contributed by atoms with Gasteiger partial charge in [0.1, 0.15) is 15.9 Å². The monoisotopic (exact) mass is 471 g/mol. The van der Waals surface area contributed by atoms with Crippen molar-refractivity contribution in [3.8, 4) is 28.8 Å². The molecule has 0 saturated carbocycles. The van der Waals surface area contributed by atoms with Crippen molar-refractivity contribution in [2.24, 2.45) is 0 Å². The predicted molar refractivity (Wildman–Crippen MR) is 126 cm³/mol. The number of nitrogens with zero attached hydrogens (tertiary/aromatic N) is 2. The van der Waals surface area contributed by atoms with E-state index >= 15 is 0 Å². The largest absolute Gasteiger partial charge is 0.465 e. The molecule has 0 saturated heterocycles. The molecule has 0 aliphatic carbocycles. The van der Waals surface area contributed by atoms with Crippen LogP contribution in [0.5, 0.6) is 11.5 Å². The van der Waals surface area contributed by atoms with Crippen LogP contribution in [0.4, 0.5) is 5.00 Å². The highest BCUT2D eigenvalue weighted by atomic mass is 32.1. The molecular weight excluding hydrogens is 454 g/mol. The summed E-state index contributed by atoms with van der Waals surface area (Å²) in [5.41, 5.74) is 3.07. The van der Waals surface area contributed by atoms with Gasteiger partial charge in [-0.1, -0.05) is 18.2 Å². The maximum Gasteiger partial charge on any atom is 0.348 e. The number of anilines is 1. The number of rotatable bonds is 4. The molecule has 1 aliphatic rings. The van der Waals surface area contributed by atoms with Crippen molar-refractivity contribution >= 4 is 39.1 Å². The second-order valence-corrected chi connectivity index (χ2v) is 8.48. The van der Waals surface area contributed by atoms with E-state index in [-0.39, 0.29) is 22.2 Å². The quantitative estimate of drug-likeness (QED) is 0.421. The number of nitrogens with one attached hydrogen (secondary N) is 1. The number of esters is 1. The molecule has 5 rings (SSSR count). The third-order valence-electron chi connectivity index (χ3n) is 5.49. The average Bonchev–Trinajstić information content (AvgIpc) is 3.46. The van der Waals surface area contributed by atoms with Crippen molar-refractivity contribution in [3.63, 3.8) is 0 Å². The lowest BCUT2D eigenvalue weighted by atomic mass is 10.0. The van der Waals surface area contributed by atoms with Gasteiger partial charge in [0.15, 0.2) is 11.5 Å². The highest BCUT2D eigenvalue weighted by Crippen LogP contribution is 2.37. The van der Waals surface area contributed by atoms with E-state index in [0.29, 0.717) is 39.2 Å². The maximum atomic E-state index is 13.4. The van der Waals surface area contributed by atoms with Crippen LogP contribution in [0, 0.1) is 18.3 Å². The zero-order chi connectivity index (χ0) is 23.8. The van der Waals surface area contributed by atoms with Crippen molar-refractivity contribution in [2.45, 2.75) is 6.92 Å². The molecule has 2 aromatic carbocycles. The van der Waals surface area contributed by atoms with Crippen molar-refractivity contribution in [2.75, 3.05) is 19.2 Å². The Morgan fingerprint density at radius 1 is 1.15 bits per heavy atom. The van der Waals surface area contributed by atoms with E-state index in [9.17, 15) is 14.9 Å². The van der Waals surface area contributed by atoms with Gasteiger partial charge in [0.05, 0.1) is 29.4 Å². The Kier molecular flexibility index (Phi) is 5.36. The molecular formula is C25H17N3O5S. The van der Waals surface area contributed by atoms with E-state index in [1.807, 2.05) is 36.4 Å². The first-order valence-corrected chi connectivity index (χ1v) is 11.0. The molecule has 168 valence electrons. The minimum Gasteiger partial charge on any atom is -0.465 e. The molecule has 9 heteroatoms. The molecule has 0 fully saturated rings. The van der Waals surface area contributed by atoms with E-state index in [1.54, 1.807) is 19.1 Å². The van der Waals surface area contributed by atoms with Crippen LogP contribution >= 0.6 is 11.3 Å². The van der Waals surface area contributed by atoms with E-state index in [2.05, 4.69) is 11.4 Å². The van der Waals surface area contributed by atoms with E-state index in [4.69, 9.17) is 19.2 Å². The molecule has 34 heavy (non-hydrogen) atoms. The van der Waals surface area contributed by atoms with Crippen LogP contribution < -0.4 is 14.8 Å². The smallest absolute Gasteiger partial charge is 0.348 e. The third kappa shape index (κ3) is 3.60. The lowest BCUT2D eigenvalue weighted by Crippen LogP contribution is -2.13. The number of benzene rings is 2. The first-order valence-electron chi connectivity index (χ1n) is 10.2. The number of fused-ring (bicyclic) bond motifs is 2. The van der Waals surface area contributed by atoms with Crippen LogP contribution in [-0.4, -0.2) is 30.8 Å². The number of para-hydroxylation sites is 1. The molecule has 3 heterocycles. The number of amides is 1. The van der Waals surface area contributed by atoms with Gasteiger partial charge in [0.2, 0.25) is 6.79 Å². The minimum absolute atomic E-state index is 0.159. The number of aromatic nitrogens is 1. The minimum atomic E-state index is -0.557. The highest BCUT2D eigenvalue weighted by molar-refractivity contribution is 7.18. The van der Waals surface area contributed by atoms with Gasteiger partial charge in [-0.3, -0.25) is 4.79 Å². The van der Waals surface area contributed by atoms with Crippen molar-refractivity contribution in [1.29, 1.82) is 5.26 Å². The van der Waals surface area contributed by atoms with E-state index < -0.39 is 11.9 Å². The fraction of sp³-hybridized carbons (Fsp3) is 0.120. The Hall–Kier alpha value is -4.42. The Labute approximate surface area is 198 Å². The second-order valence-electron chi connectivity index (χ2n) is 7.46. The first-order chi connectivity index (χ1) is 16.5. The molecule has 8 nitrogen and oxygen atoms in total. The third-order valence-corrected chi connectivity index (χ3v) is 6.67. The van der Waals surface area contributed by atoms with Gasteiger partial charge >= 0.3 is 5.97 Å². The molecule has 0 atom stereocenters. The van der Waals surface area contributed by atoms with Crippen LogP contribution in [-0.2, 0) is 4.74 Å². The fourth-order valence-corrected chi connectivity index (χ4v) is 4.83. The number of nitriles is 1. The lowest BCUT2D eigenvalue weighted by Gasteiger charge is -2.10. The maximum absolute atomic E-state index is 13.4. The average molecular weight is 471 g/mol. The summed E-state index contributed by atoms with van der Waals surface area (Å²) >= 11 is 1.01. The van der Waals surface area contributed by atoms with Gasteiger partial charge in [-0.05, 0) is 42.8 Å². The van der Waals surface area contributed by atoms with Gasteiger partial charge in [0.25, 0.3) is 5.91 Å². The van der Waals surface area contributed by atoms with Crippen LogP contribution in [0.3, 0.4) is 0 Å². The molecule has 1 amide bonds. The second kappa shape index (κ2) is 8.50. The van der Waals surface area contributed by atoms with Gasteiger partial charge in [-0.15, -0.1) is 11.3 Å². The highest BCUT2D eigenvalue weighted by Gasteiger charge is 2.23. The number of thiophene rings is 1. The van der Waals surface area contributed by atoms with Crippen LogP contribution in [0.1, 0.15) is 31.2 Å². The van der Waals surface area contributed by atoms with Gasteiger partial charge in [0, 0.05) is 10.9 Å². The Balaban J connectivity index is 1.58. The standard InChI is InChI=1S/C25H17N3O5S/c1-13-17(11-26)24(34-22(13)25(30)31-2)28-23(29)16-10-19(27-18-6-4-3-5-15(16)18)14-7-8-20-21(9-14)33-12-32-20/h3-10H,12H2,1-2H3,(H,28,29). The van der Waals surface area contributed by atoms with E-state index in [0.717, 1.165) is 16.9 Å². The summed E-state index contributed by atoms with van der Waals surface area (Å²) in [7, 11) is 1.27. The van der Waals surface area contributed by atoms with Crippen molar-refractivity contribution in [3.05, 3.63) is 70.1 Å².